The monoisotopic (exact) mass is 589 g/mol. The van der Waals surface area contributed by atoms with Crippen molar-refractivity contribution < 1.29 is 28.6 Å². The predicted molar refractivity (Wildman–Crippen MR) is 157 cm³/mol. The van der Waals surface area contributed by atoms with Crippen LogP contribution in [0.15, 0.2) is 93.6 Å². The number of thioether (sulfide) groups is 1. The highest BCUT2D eigenvalue weighted by Crippen LogP contribution is 2.45. The van der Waals surface area contributed by atoms with Gasteiger partial charge in [0.2, 0.25) is 10.9 Å². The second kappa shape index (κ2) is 12.4. The Labute approximate surface area is 245 Å². The average Bonchev–Trinajstić information content (AvgIpc) is 3.73. The van der Waals surface area contributed by atoms with Gasteiger partial charge in [-0.2, -0.15) is 0 Å². The van der Waals surface area contributed by atoms with Gasteiger partial charge in [-0.15, -0.1) is 10.2 Å². The largest absolute Gasteiger partial charge is 0.503 e. The van der Waals surface area contributed by atoms with Crippen LogP contribution in [-0.4, -0.2) is 40.2 Å². The third-order valence-electron chi connectivity index (χ3n) is 6.22. The van der Waals surface area contributed by atoms with Crippen molar-refractivity contribution in [3.8, 4) is 11.5 Å². The summed E-state index contributed by atoms with van der Waals surface area (Å²) in [7, 11) is 0. The van der Waals surface area contributed by atoms with Crippen LogP contribution in [0.25, 0.3) is 0 Å². The lowest BCUT2D eigenvalue weighted by Crippen LogP contribution is -2.31. The number of nitrogens with zero attached hydrogens (tertiary/aromatic N) is 3. The molecule has 0 bridgehead atoms. The number of aryl methyl sites for hydroxylation is 1. The second-order valence-corrected chi connectivity index (χ2v) is 11.2. The number of aliphatic hydroxyl groups excluding tert-OH is 1. The van der Waals surface area contributed by atoms with Gasteiger partial charge < -0.3 is 19.0 Å². The summed E-state index contributed by atoms with van der Waals surface area (Å²) in [4.78, 5) is 28.3. The Hall–Kier alpha value is -4.35. The van der Waals surface area contributed by atoms with Crippen molar-refractivity contribution in [2.75, 3.05) is 18.1 Å². The number of furan rings is 1. The van der Waals surface area contributed by atoms with Crippen LogP contribution in [0.4, 0.5) is 5.13 Å². The molecule has 11 heteroatoms. The Kier molecular flexibility index (Phi) is 8.55. The number of benzene rings is 2. The lowest BCUT2D eigenvalue weighted by Gasteiger charge is -2.24. The van der Waals surface area contributed by atoms with E-state index in [1.807, 2.05) is 26.0 Å². The molecule has 0 fully saturated rings. The zero-order chi connectivity index (χ0) is 28.9. The molecule has 1 atom stereocenters. The minimum Gasteiger partial charge on any atom is -0.503 e. The Morgan fingerprint density at radius 1 is 1.17 bits per heavy atom. The number of carbonyl (C=O) groups is 2. The van der Waals surface area contributed by atoms with E-state index in [4.69, 9.17) is 13.9 Å². The number of carbonyl (C=O) groups excluding carboxylic acids is 2. The number of amides is 1. The number of aliphatic hydroxyl groups is 1. The molecular formula is C30H27N3O6S2. The van der Waals surface area contributed by atoms with Crippen molar-refractivity contribution >= 4 is 39.9 Å². The quantitative estimate of drug-likeness (QED) is 0.0858. The lowest BCUT2D eigenvalue weighted by atomic mass is 9.95. The molecule has 210 valence electrons. The smallest absolute Gasteiger partial charge is 0.296 e. The third kappa shape index (κ3) is 5.91. The van der Waals surface area contributed by atoms with Crippen LogP contribution in [0.5, 0.6) is 11.5 Å². The van der Waals surface area contributed by atoms with Gasteiger partial charge in [0.05, 0.1) is 24.5 Å². The van der Waals surface area contributed by atoms with Crippen LogP contribution in [0.3, 0.4) is 0 Å². The highest BCUT2D eigenvalue weighted by atomic mass is 32.2. The van der Waals surface area contributed by atoms with Gasteiger partial charge in [0, 0.05) is 5.75 Å². The maximum absolute atomic E-state index is 13.5. The van der Waals surface area contributed by atoms with Crippen molar-refractivity contribution in [2.24, 2.45) is 0 Å². The molecule has 0 spiro atoms. The lowest BCUT2D eigenvalue weighted by molar-refractivity contribution is -0.117. The molecule has 0 saturated carbocycles. The number of hydrogen-bond acceptors (Lipinski definition) is 10. The summed E-state index contributed by atoms with van der Waals surface area (Å²) in [6.07, 6.45) is 2.97. The summed E-state index contributed by atoms with van der Waals surface area (Å²) in [5.41, 5.74) is 2.68. The zero-order valence-electron chi connectivity index (χ0n) is 22.4. The van der Waals surface area contributed by atoms with Gasteiger partial charge in [-0.25, -0.2) is 0 Å². The van der Waals surface area contributed by atoms with Crippen LogP contribution in [0.1, 0.15) is 40.2 Å². The van der Waals surface area contributed by atoms with E-state index in [0.29, 0.717) is 33.8 Å². The van der Waals surface area contributed by atoms with Crippen molar-refractivity contribution in [3.05, 3.63) is 107 Å². The fourth-order valence-corrected chi connectivity index (χ4v) is 6.13. The zero-order valence-corrected chi connectivity index (χ0v) is 24.0. The molecule has 9 nitrogen and oxygen atoms in total. The summed E-state index contributed by atoms with van der Waals surface area (Å²) in [6, 6.07) is 15.3. The molecule has 1 aliphatic heterocycles. The molecule has 2 aromatic heterocycles. The normalized spacial score (nSPS) is 14.9. The predicted octanol–water partition coefficient (Wildman–Crippen LogP) is 6.48. The fraction of sp³-hybridized carbons (Fsp3) is 0.200. The van der Waals surface area contributed by atoms with E-state index >= 15 is 0 Å². The Morgan fingerprint density at radius 2 is 1.98 bits per heavy atom. The van der Waals surface area contributed by atoms with E-state index in [9.17, 15) is 14.7 Å². The van der Waals surface area contributed by atoms with Crippen LogP contribution in [0, 0.1) is 6.92 Å². The van der Waals surface area contributed by atoms with Gasteiger partial charge in [0.15, 0.2) is 27.4 Å². The number of ether oxygens (including phenoxy) is 2. The molecule has 4 aromatic rings. The summed E-state index contributed by atoms with van der Waals surface area (Å²) in [5.74, 6) is -0.495. The molecule has 1 N–H and O–H groups in total. The van der Waals surface area contributed by atoms with Gasteiger partial charge in [-0.3, -0.25) is 14.5 Å². The summed E-state index contributed by atoms with van der Waals surface area (Å²) >= 11 is 2.69. The number of hydrogen-bond donors (Lipinski definition) is 1. The van der Waals surface area contributed by atoms with Gasteiger partial charge in [0.25, 0.3) is 5.91 Å². The van der Waals surface area contributed by atoms with Gasteiger partial charge >= 0.3 is 0 Å². The highest BCUT2D eigenvalue weighted by molar-refractivity contribution is 8.00. The molecule has 1 aliphatic rings. The molecule has 1 amide bonds. The van der Waals surface area contributed by atoms with Crippen LogP contribution < -0.4 is 14.4 Å². The van der Waals surface area contributed by atoms with Crippen LogP contribution >= 0.6 is 23.1 Å². The summed E-state index contributed by atoms with van der Waals surface area (Å²) in [6.45, 7) is 8.18. The van der Waals surface area contributed by atoms with Gasteiger partial charge in [-0.05, 0) is 49.2 Å². The Morgan fingerprint density at radius 3 is 2.68 bits per heavy atom. The molecule has 1 unspecified atom stereocenters. The minimum atomic E-state index is -1.02. The molecule has 0 saturated heterocycles. The van der Waals surface area contributed by atoms with Crippen LogP contribution in [-0.2, 0) is 10.5 Å². The molecule has 5 rings (SSSR count). The Bertz CT molecular complexity index is 1590. The first-order chi connectivity index (χ1) is 19.9. The van der Waals surface area contributed by atoms with E-state index < -0.39 is 23.5 Å². The molecule has 41 heavy (non-hydrogen) atoms. The first-order valence-electron chi connectivity index (χ1n) is 12.8. The average molecular weight is 590 g/mol. The number of aromatic nitrogens is 2. The maximum Gasteiger partial charge on any atom is 0.296 e. The standard InChI is InChI=1S/C30H27N3O6S2/c1-4-14-38-21-13-12-20(16-23(21)37-5-2)25-24(26(34)22-7-6-15-39-22)27(35)28(36)33(25)29-31-32-30(41-29)40-17-19-10-8-18(3)9-11-19/h4,6-13,15-16,25,35H,1,5,14,17H2,2-3H3. The molecular weight excluding hydrogens is 562 g/mol. The minimum absolute atomic E-state index is 0.00576. The van der Waals surface area contributed by atoms with Gasteiger partial charge in [-0.1, -0.05) is 71.6 Å². The van der Waals surface area contributed by atoms with E-state index in [1.165, 1.54) is 45.9 Å². The summed E-state index contributed by atoms with van der Waals surface area (Å²) < 4.78 is 17.5. The summed E-state index contributed by atoms with van der Waals surface area (Å²) in [5, 5.41) is 19.8. The molecule has 0 radical (unpaired) electrons. The van der Waals surface area contributed by atoms with E-state index in [-0.39, 0.29) is 23.1 Å². The number of anilines is 1. The van der Waals surface area contributed by atoms with Crippen molar-refractivity contribution in [3.63, 3.8) is 0 Å². The van der Waals surface area contributed by atoms with E-state index in [2.05, 4.69) is 28.9 Å². The van der Waals surface area contributed by atoms with Gasteiger partial charge in [0.1, 0.15) is 6.61 Å². The van der Waals surface area contributed by atoms with E-state index in [1.54, 1.807) is 30.3 Å². The van der Waals surface area contributed by atoms with E-state index in [0.717, 1.165) is 5.56 Å². The number of Topliss-reactive ketones (excluding diaryl/α,β-unsaturated/α-hetero) is 1. The number of ketones is 1. The van der Waals surface area contributed by atoms with Crippen molar-refractivity contribution in [1.29, 1.82) is 0 Å². The molecule has 0 aliphatic carbocycles. The SMILES string of the molecule is C=CCOc1ccc(C2C(C(=O)c3ccco3)=C(O)C(=O)N2c2nnc(SCc3ccc(C)cc3)s2)cc1OCC. The topological polar surface area (TPSA) is 115 Å². The third-order valence-corrected chi connectivity index (χ3v) is 8.35. The fourth-order valence-electron chi connectivity index (χ4n) is 4.31. The molecule has 2 aromatic carbocycles. The maximum atomic E-state index is 13.5. The van der Waals surface area contributed by atoms with Crippen molar-refractivity contribution in [1.82, 2.24) is 10.2 Å². The molecule has 3 heterocycles. The van der Waals surface area contributed by atoms with Crippen molar-refractivity contribution in [2.45, 2.75) is 30.0 Å². The van der Waals surface area contributed by atoms with Crippen LogP contribution in [0.2, 0.25) is 0 Å². The highest BCUT2D eigenvalue weighted by Gasteiger charge is 2.47. The first-order valence-corrected chi connectivity index (χ1v) is 14.6. The number of rotatable bonds is 12. The Balaban J connectivity index is 1.52. The second-order valence-electron chi connectivity index (χ2n) is 9.01. The first kappa shape index (κ1) is 28.2.